The highest BCUT2D eigenvalue weighted by Crippen LogP contribution is 2.66. The predicted octanol–water partition coefficient (Wildman–Crippen LogP) is 6.30. The van der Waals surface area contributed by atoms with Gasteiger partial charge >= 0.3 is 7.12 Å². The van der Waals surface area contributed by atoms with E-state index in [1.807, 2.05) is 19.1 Å². The Morgan fingerprint density at radius 2 is 1.45 bits per heavy atom. The van der Waals surface area contributed by atoms with Crippen molar-refractivity contribution in [3.8, 4) is 11.1 Å². The molecule has 2 aromatic carbocycles. The van der Waals surface area contributed by atoms with E-state index in [0.717, 1.165) is 43.2 Å². The average molecular weight is 885 g/mol. The van der Waals surface area contributed by atoms with Gasteiger partial charge in [-0.1, -0.05) is 96.0 Å². The summed E-state index contributed by atoms with van der Waals surface area (Å²) in [6.07, 6.45) is 4.68. The largest absolute Gasteiger partial charge is 0.461 e. The fourth-order valence-electron chi connectivity index (χ4n) is 10.3. The summed E-state index contributed by atoms with van der Waals surface area (Å²) in [5, 5.41) is 16.1. The molecule has 0 aromatic heterocycles. The molecule has 1 saturated heterocycles. The van der Waals surface area contributed by atoms with Gasteiger partial charge in [0.2, 0.25) is 17.7 Å². The summed E-state index contributed by atoms with van der Waals surface area (Å²) < 4.78 is 12.9. The number of Topliss-reactive ketones (excluding diaryl/α,β-unsaturated/α-hetero) is 3. The molecule has 14 heteroatoms. The minimum absolute atomic E-state index is 0.0388. The molecule has 6 rings (SSSR count). The highest BCUT2D eigenvalue weighted by molar-refractivity contribution is 6.47. The number of unbranched alkanes of at least 4 members (excludes halogenated alkanes) is 2. The summed E-state index contributed by atoms with van der Waals surface area (Å²) in [7, 11) is -0.624. The van der Waals surface area contributed by atoms with Crippen LogP contribution in [0.2, 0.25) is 5.82 Å². The van der Waals surface area contributed by atoms with Crippen LogP contribution in [-0.4, -0.2) is 83.7 Å². The maximum Gasteiger partial charge on any atom is 0.461 e. The summed E-state index contributed by atoms with van der Waals surface area (Å²) in [6.45, 7) is 14.2. The van der Waals surface area contributed by atoms with E-state index < -0.39 is 78.5 Å². The Morgan fingerprint density at radius 3 is 2.03 bits per heavy atom. The first-order valence-corrected chi connectivity index (χ1v) is 23.7. The molecule has 4 fully saturated rings. The zero-order chi connectivity index (χ0) is 46.9. The summed E-state index contributed by atoms with van der Waals surface area (Å²) in [4.78, 5) is 80.9. The molecule has 0 spiro atoms. The summed E-state index contributed by atoms with van der Waals surface area (Å²) >= 11 is 0. The van der Waals surface area contributed by atoms with E-state index in [0.29, 0.717) is 43.2 Å². The van der Waals surface area contributed by atoms with Gasteiger partial charge in [0.05, 0.1) is 30.3 Å². The van der Waals surface area contributed by atoms with Crippen molar-refractivity contribution in [2.24, 2.45) is 40.6 Å². The maximum absolute atomic E-state index is 13.9. The molecule has 3 aliphatic carbocycles. The zero-order valence-corrected chi connectivity index (χ0v) is 39.2. The number of aliphatic hydroxyl groups excluding tert-OH is 1. The Hall–Kier alpha value is -4.24. The Morgan fingerprint density at radius 1 is 0.812 bits per heavy atom. The van der Waals surface area contributed by atoms with Crippen molar-refractivity contribution in [1.82, 2.24) is 10.6 Å². The molecule has 1 unspecified atom stereocenters. The number of hydrogen-bond acceptors (Lipinski definition) is 10. The van der Waals surface area contributed by atoms with Gasteiger partial charge in [0.15, 0.2) is 17.3 Å². The Balaban J connectivity index is 1.18. The molecule has 4 aliphatic rings. The number of nitrogens with two attached hydrogens (primary N) is 2. The third kappa shape index (κ3) is 12.2. The Labute approximate surface area is 380 Å². The number of ketones is 3. The number of carbonyl (C=O) groups excluding carboxylic acids is 6. The molecule has 64 heavy (non-hydrogen) atoms. The Bertz CT molecular complexity index is 1960. The van der Waals surface area contributed by atoms with Gasteiger partial charge in [-0.05, 0) is 105 Å². The SMILES string of the molecule is CCCCc1ccc(-c2ccc(C(=O)C[C@@H](CCCCN)C(=O)N[C@H](C(=O)C[C@@H](CC)C(=O)N[C@@H](CC(N)=O)C(=O)C[C@@H](C)B3OC4C[C@@H]5C[C@@H](C5(C)C)[C@]4(C)O3)[C@@H](C)O)cc2)cc1. The highest BCUT2D eigenvalue weighted by atomic mass is 16.7. The number of aliphatic hydroxyl groups is 1. The number of hydrogen-bond donors (Lipinski definition) is 5. The second-order valence-corrected chi connectivity index (χ2v) is 19.7. The first-order chi connectivity index (χ1) is 30.3. The van der Waals surface area contributed by atoms with E-state index in [-0.39, 0.29) is 48.8 Å². The lowest BCUT2D eigenvalue weighted by atomic mass is 9.43. The van der Waals surface area contributed by atoms with Crippen LogP contribution in [0.3, 0.4) is 0 Å². The zero-order valence-electron chi connectivity index (χ0n) is 39.2. The first kappa shape index (κ1) is 50.8. The highest BCUT2D eigenvalue weighted by Gasteiger charge is 2.68. The molecule has 1 heterocycles. The molecule has 7 N–H and O–H groups in total. The number of carbonyl (C=O) groups is 6. The number of nitrogens with one attached hydrogen (secondary N) is 2. The van der Waals surface area contributed by atoms with Gasteiger partial charge in [0, 0.05) is 36.7 Å². The lowest BCUT2D eigenvalue weighted by Crippen LogP contribution is -2.65. The molecular weight excluding hydrogens is 811 g/mol. The minimum atomic E-state index is -1.37. The van der Waals surface area contributed by atoms with Gasteiger partial charge in [-0.25, -0.2) is 0 Å². The van der Waals surface area contributed by atoms with Crippen LogP contribution in [0.15, 0.2) is 48.5 Å². The lowest BCUT2D eigenvalue weighted by Gasteiger charge is -2.64. The molecule has 3 amide bonds. The van der Waals surface area contributed by atoms with E-state index in [4.69, 9.17) is 20.8 Å². The van der Waals surface area contributed by atoms with Gasteiger partial charge < -0.3 is 36.5 Å². The van der Waals surface area contributed by atoms with Gasteiger partial charge in [0.1, 0.15) is 6.04 Å². The number of benzene rings is 2. The molecule has 13 nitrogen and oxygen atoms in total. The molecule has 10 atom stereocenters. The molecule has 1 aliphatic heterocycles. The van der Waals surface area contributed by atoms with Crippen LogP contribution in [0.1, 0.15) is 141 Å². The Kier molecular flexibility index (Phi) is 17.7. The predicted molar refractivity (Wildman–Crippen MR) is 248 cm³/mol. The van der Waals surface area contributed by atoms with Crippen LogP contribution in [0.5, 0.6) is 0 Å². The first-order valence-electron chi connectivity index (χ1n) is 23.7. The van der Waals surface area contributed by atoms with Gasteiger partial charge in [0.25, 0.3) is 0 Å². The topological polar surface area (TPSA) is 217 Å². The van der Waals surface area contributed by atoms with E-state index in [9.17, 15) is 33.9 Å². The van der Waals surface area contributed by atoms with Crippen LogP contribution in [0, 0.1) is 29.1 Å². The third-order valence-electron chi connectivity index (χ3n) is 14.6. The second kappa shape index (κ2) is 22.3. The second-order valence-electron chi connectivity index (χ2n) is 19.7. The van der Waals surface area contributed by atoms with Crippen LogP contribution in [0.4, 0.5) is 0 Å². The van der Waals surface area contributed by atoms with Crippen molar-refractivity contribution < 1.29 is 43.2 Å². The van der Waals surface area contributed by atoms with Gasteiger partial charge in [-0.15, -0.1) is 0 Å². The van der Waals surface area contributed by atoms with Crippen LogP contribution >= 0.6 is 0 Å². The smallest absolute Gasteiger partial charge is 0.405 e. The van der Waals surface area contributed by atoms with E-state index in [1.165, 1.54) is 12.5 Å². The fourth-order valence-corrected chi connectivity index (χ4v) is 10.3. The summed E-state index contributed by atoms with van der Waals surface area (Å²) in [5.74, 6) is -4.43. The van der Waals surface area contributed by atoms with Crippen molar-refractivity contribution in [1.29, 1.82) is 0 Å². The van der Waals surface area contributed by atoms with Gasteiger partial charge in [-0.3, -0.25) is 28.8 Å². The molecule has 0 radical (unpaired) electrons. The molecule has 2 aromatic rings. The minimum Gasteiger partial charge on any atom is -0.405 e. The molecular formula is C50H73BN4O9. The van der Waals surface area contributed by atoms with Crippen molar-refractivity contribution in [2.45, 2.75) is 168 Å². The van der Waals surface area contributed by atoms with E-state index in [2.05, 4.69) is 62.6 Å². The fraction of sp³-hybridized carbons (Fsp3) is 0.640. The summed E-state index contributed by atoms with van der Waals surface area (Å²) in [6, 6.07) is 13.1. The van der Waals surface area contributed by atoms with Crippen molar-refractivity contribution in [2.75, 3.05) is 6.54 Å². The normalized spacial score (nSPS) is 23.6. The molecule has 3 saturated carbocycles. The lowest BCUT2D eigenvalue weighted by molar-refractivity contribution is -0.199. The number of aryl methyl sites for hydroxylation is 1. The third-order valence-corrected chi connectivity index (χ3v) is 14.6. The maximum atomic E-state index is 13.9. The van der Waals surface area contributed by atoms with Crippen LogP contribution in [-0.2, 0) is 39.7 Å². The monoisotopic (exact) mass is 885 g/mol. The quantitative estimate of drug-likeness (QED) is 0.0403. The van der Waals surface area contributed by atoms with Crippen molar-refractivity contribution in [3.63, 3.8) is 0 Å². The van der Waals surface area contributed by atoms with E-state index >= 15 is 0 Å². The molecule has 2 bridgehead atoms. The van der Waals surface area contributed by atoms with Gasteiger partial charge in [-0.2, -0.15) is 0 Å². The number of amides is 3. The van der Waals surface area contributed by atoms with E-state index in [1.54, 1.807) is 19.1 Å². The van der Waals surface area contributed by atoms with Crippen LogP contribution < -0.4 is 22.1 Å². The number of primary amides is 1. The molecule has 350 valence electrons. The number of rotatable bonds is 26. The standard InChI is InChI=1S/C50H73BN4O9/c1-8-10-13-32-15-17-34(18-16-32)35-19-21-36(22-20-35)40(57)26-37(14-11-12-23-52)48(62)55-46(31(4)56)42(59)25-33(9-2)47(61)54-39(29-45(53)60)41(58)24-30(3)51-63-44-28-38-27-43(49(38,5)6)50(44,7)64-51/h15-22,30-31,33,37-39,43-44,46,56H,8-14,23-29,52H2,1-7H3,(H2,53,60)(H,54,61)(H,55,62)/t30-,31-,33-,37-,38+,39+,43+,44?,46+,50+/m1/s1. The van der Waals surface area contributed by atoms with Crippen molar-refractivity contribution >= 4 is 42.2 Å². The van der Waals surface area contributed by atoms with Crippen LogP contribution in [0.25, 0.3) is 11.1 Å². The average Bonchev–Trinajstić information content (AvgIpc) is 3.63. The van der Waals surface area contributed by atoms with Crippen molar-refractivity contribution in [3.05, 3.63) is 59.7 Å². The summed E-state index contributed by atoms with van der Waals surface area (Å²) in [5.41, 5.74) is 14.7.